The Bertz CT molecular complexity index is 856. The van der Waals surface area contributed by atoms with E-state index in [1.807, 2.05) is 55.5 Å². The number of benzene rings is 2. The van der Waals surface area contributed by atoms with E-state index in [4.69, 9.17) is 0 Å². The molecular formula is C18H16BrN3. The minimum absolute atomic E-state index is 0.752. The Labute approximate surface area is 138 Å². The fraction of sp³-hybridized carbons (Fsp3) is 0.111. The fourth-order valence-corrected chi connectivity index (χ4v) is 2.93. The van der Waals surface area contributed by atoms with Gasteiger partial charge in [0.2, 0.25) is 0 Å². The first-order chi connectivity index (χ1) is 10.6. The van der Waals surface area contributed by atoms with Crippen molar-refractivity contribution in [3.63, 3.8) is 0 Å². The molecule has 1 aromatic heterocycles. The van der Waals surface area contributed by atoms with Crippen LogP contribution < -0.4 is 5.43 Å². The molecule has 0 radical (unpaired) electrons. The molecule has 0 amide bonds. The zero-order chi connectivity index (χ0) is 15.5. The Hall–Kier alpha value is -2.20. The Kier molecular flexibility index (Phi) is 4.20. The summed E-state index contributed by atoms with van der Waals surface area (Å²) in [5, 5.41) is 5.61. The SMILES string of the molecule is C/C(=N\Nc1cc(C)c2ccccc2n1)c1ccccc1Br. The number of fused-ring (bicyclic) bond motifs is 1. The van der Waals surface area contributed by atoms with E-state index < -0.39 is 0 Å². The van der Waals surface area contributed by atoms with Gasteiger partial charge >= 0.3 is 0 Å². The van der Waals surface area contributed by atoms with Crippen LogP contribution in [0.25, 0.3) is 10.9 Å². The molecule has 3 nitrogen and oxygen atoms in total. The van der Waals surface area contributed by atoms with Crippen molar-refractivity contribution in [2.75, 3.05) is 5.43 Å². The number of nitrogens with one attached hydrogen (secondary N) is 1. The van der Waals surface area contributed by atoms with Gasteiger partial charge in [-0.05, 0) is 37.6 Å². The van der Waals surface area contributed by atoms with Gasteiger partial charge in [-0.3, -0.25) is 5.43 Å². The maximum Gasteiger partial charge on any atom is 0.147 e. The molecule has 22 heavy (non-hydrogen) atoms. The van der Waals surface area contributed by atoms with Crippen LogP contribution in [0.5, 0.6) is 0 Å². The highest BCUT2D eigenvalue weighted by molar-refractivity contribution is 9.10. The van der Waals surface area contributed by atoms with E-state index in [1.165, 1.54) is 10.9 Å². The maximum absolute atomic E-state index is 4.59. The molecule has 2 aromatic carbocycles. The standard InChI is InChI=1S/C18H16BrN3/c1-12-11-18(20-17-10-6-4-7-14(12)17)22-21-13(2)15-8-3-5-9-16(15)19/h3-11H,1-2H3,(H,20,22)/b21-13+. The first-order valence-corrected chi connectivity index (χ1v) is 7.86. The molecule has 1 heterocycles. The number of halogens is 1. The number of hydrogen-bond donors (Lipinski definition) is 1. The summed E-state index contributed by atoms with van der Waals surface area (Å²) in [7, 11) is 0. The van der Waals surface area contributed by atoms with E-state index >= 15 is 0 Å². The van der Waals surface area contributed by atoms with Crippen molar-refractivity contribution in [1.29, 1.82) is 0 Å². The van der Waals surface area contributed by atoms with Crippen molar-refractivity contribution in [2.24, 2.45) is 5.10 Å². The van der Waals surface area contributed by atoms with Gasteiger partial charge in [0.05, 0.1) is 11.2 Å². The highest BCUT2D eigenvalue weighted by Gasteiger charge is 2.04. The van der Waals surface area contributed by atoms with E-state index in [1.54, 1.807) is 0 Å². The number of hydrazone groups is 1. The maximum atomic E-state index is 4.59. The van der Waals surface area contributed by atoms with Gasteiger partial charge in [-0.15, -0.1) is 0 Å². The Morgan fingerprint density at radius 1 is 1.09 bits per heavy atom. The van der Waals surface area contributed by atoms with Gasteiger partial charge in [0.1, 0.15) is 5.82 Å². The molecule has 0 aliphatic rings. The monoisotopic (exact) mass is 353 g/mol. The molecule has 1 N–H and O–H groups in total. The lowest BCUT2D eigenvalue weighted by Crippen LogP contribution is -2.02. The number of aryl methyl sites for hydroxylation is 1. The molecule has 0 aliphatic heterocycles. The smallest absolute Gasteiger partial charge is 0.147 e. The molecule has 0 saturated heterocycles. The average molecular weight is 354 g/mol. The molecule has 0 unspecified atom stereocenters. The molecule has 0 aliphatic carbocycles. The van der Waals surface area contributed by atoms with Crippen LogP contribution in [0.4, 0.5) is 5.82 Å². The molecule has 110 valence electrons. The average Bonchev–Trinajstić information content (AvgIpc) is 2.53. The van der Waals surface area contributed by atoms with E-state index in [9.17, 15) is 0 Å². The third-order valence-corrected chi connectivity index (χ3v) is 4.22. The second-order valence-corrected chi connectivity index (χ2v) is 5.98. The number of rotatable bonds is 3. The number of anilines is 1. The predicted octanol–water partition coefficient (Wildman–Crippen LogP) is 5.14. The van der Waals surface area contributed by atoms with Crippen LogP contribution in [-0.2, 0) is 0 Å². The normalized spacial score (nSPS) is 11.7. The number of para-hydroxylation sites is 1. The van der Waals surface area contributed by atoms with Gasteiger partial charge in [-0.25, -0.2) is 4.98 Å². The van der Waals surface area contributed by atoms with Gasteiger partial charge in [0.25, 0.3) is 0 Å². The lowest BCUT2D eigenvalue weighted by Gasteiger charge is -2.07. The number of aromatic nitrogens is 1. The first kappa shape index (κ1) is 14.7. The van der Waals surface area contributed by atoms with Crippen molar-refractivity contribution < 1.29 is 0 Å². The molecule has 3 aromatic rings. The zero-order valence-corrected chi connectivity index (χ0v) is 14.1. The summed E-state index contributed by atoms with van der Waals surface area (Å²) in [6.07, 6.45) is 0. The van der Waals surface area contributed by atoms with Crippen LogP contribution in [0, 0.1) is 6.92 Å². The van der Waals surface area contributed by atoms with Crippen molar-refractivity contribution in [3.8, 4) is 0 Å². The Morgan fingerprint density at radius 2 is 1.82 bits per heavy atom. The largest absolute Gasteiger partial charge is 0.261 e. The van der Waals surface area contributed by atoms with E-state index in [-0.39, 0.29) is 0 Å². The van der Waals surface area contributed by atoms with E-state index in [0.29, 0.717) is 0 Å². The number of hydrogen-bond acceptors (Lipinski definition) is 3. The van der Waals surface area contributed by atoms with Crippen LogP contribution >= 0.6 is 15.9 Å². The summed E-state index contributed by atoms with van der Waals surface area (Å²) in [5.41, 5.74) is 7.18. The van der Waals surface area contributed by atoms with Crippen molar-refractivity contribution in [3.05, 3.63) is 70.2 Å². The van der Waals surface area contributed by atoms with E-state index in [2.05, 4.69) is 44.4 Å². The molecule has 0 atom stereocenters. The minimum atomic E-state index is 0.752. The summed E-state index contributed by atoms with van der Waals surface area (Å²) in [6.45, 7) is 4.06. The van der Waals surface area contributed by atoms with Gasteiger partial charge < -0.3 is 0 Å². The predicted molar refractivity (Wildman–Crippen MR) is 96.5 cm³/mol. The van der Waals surface area contributed by atoms with Crippen LogP contribution in [0.15, 0.2) is 64.2 Å². The van der Waals surface area contributed by atoms with E-state index in [0.717, 1.165) is 27.1 Å². The molecule has 3 rings (SSSR count). The topological polar surface area (TPSA) is 37.3 Å². The third kappa shape index (κ3) is 3.02. The summed E-state index contributed by atoms with van der Waals surface area (Å²) in [6, 6.07) is 18.2. The zero-order valence-electron chi connectivity index (χ0n) is 12.5. The quantitative estimate of drug-likeness (QED) is 0.522. The second kappa shape index (κ2) is 6.28. The molecule has 0 spiro atoms. The molecule has 4 heteroatoms. The first-order valence-electron chi connectivity index (χ1n) is 7.07. The summed E-state index contributed by atoms with van der Waals surface area (Å²) >= 11 is 3.54. The van der Waals surface area contributed by atoms with Crippen LogP contribution in [0.1, 0.15) is 18.1 Å². The summed E-state index contributed by atoms with van der Waals surface area (Å²) < 4.78 is 1.03. The van der Waals surface area contributed by atoms with Crippen LogP contribution in [0.3, 0.4) is 0 Å². The molecule has 0 saturated carbocycles. The lowest BCUT2D eigenvalue weighted by molar-refractivity contribution is 1.24. The van der Waals surface area contributed by atoms with Crippen molar-refractivity contribution in [2.45, 2.75) is 13.8 Å². The fourth-order valence-electron chi connectivity index (χ4n) is 2.36. The molecule has 0 bridgehead atoms. The number of nitrogens with zero attached hydrogens (tertiary/aromatic N) is 2. The summed E-state index contributed by atoms with van der Waals surface area (Å²) in [4.78, 5) is 4.59. The van der Waals surface area contributed by atoms with Gasteiger partial charge in [0.15, 0.2) is 0 Å². The van der Waals surface area contributed by atoms with Gasteiger partial charge in [0, 0.05) is 15.4 Å². The van der Waals surface area contributed by atoms with Crippen LogP contribution in [-0.4, -0.2) is 10.7 Å². The molecular weight excluding hydrogens is 338 g/mol. The van der Waals surface area contributed by atoms with Crippen molar-refractivity contribution in [1.82, 2.24) is 4.98 Å². The summed E-state index contributed by atoms with van der Waals surface area (Å²) in [5.74, 6) is 0.752. The highest BCUT2D eigenvalue weighted by Crippen LogP contribution is 2.20. The Morgan fingerprint density at radius 3 is 2.64 bits per heavy atom. The Balaban J connectivity index is 1.90. The van der Waals surface area contributed by atoms with Gasteiger partial charge in [-0.2, -0.15) is 5.10 Å². The minimum Gasteiger partial charge on any atom is -0.261 e. The highest BCUT2D eigenvalue weighted by atomic mass is 79.9. The molecule has 0 fully saturated rings. The second-order valence-electron chi connectivity index (χ2n) is 5.13. The van der Waals surface area contributed by atoms with Crippen molar-refractivity contribution >= 4 is 38.4 Å². The third-order valence-electron chi connectivity index (χ3n) is 3.52. The number of pyridine rings is 1. The van der Waals surface area contributed by atoms with Crippen LogP contribution in [0.2, 0.25) is 0 Å². The lowest BCUT2D eigenvalue weighted by atomic mass is 10.1. The van der Waals surface area contributed by atoms with Gasteiger partial charge in [-0.1, -0.05) is 52.3 Å².